The largest absolute Gasteiger partial charge is 0.478 e. The Morgan fingerprint density at radius 1 is 1.03 bits per heavy atom. The van der Waals surface area contributed by atoms with Crippen LogP contribution >= 0.6 is 0 Å². The fourth-order valence-electron chi connectivity index (χ4n) is 4.54. The normalized spacial score (nSPS) is 13.8. The standard InChI is InChI=1S/C27H25N3O2/c1-17-11-23(18(2)29-25-10-6-5-9-22(25)27(31)32)24-13-21(14-28-26(24)12-17)30-15-19-7-3-4-8-20(19)16-30/h3-14,18,29H,15-16H2,1-2H3,(H,31,32)/t18-/m1/s1. The molecule has 32 heavy (non-hydrogen) atoms. The maximum atomic E-state index is 11.6. The predicted octanol–water partition coefficient (Wildman–Crippen LogP) is 5.93. The molecule has 0 saturated carbocycles. The number of fused-ring (bicyclic) bond motifs is 2. The van der Waals surface area contributed by atoms with Crippen molar-refractivity contribution in [1.82, 2.24) is 4.98 Å². The number of carbonyl (C=O) groups is 1. The molecule has 0 spiro atoms. The molecular weight excluding hydrogens is 398 g/mol. The van der Waals surface area contributed by atoms with Crippen molar-refractivity contribution in [3.8, 4) is 0 Å². The molecular formula is C27H25N3O2. The molecule has 1 atom stereocenters. The van der Waals surface area contributed by atoms with Crippen molar-refractivity contribution in [3.63, 3.8) is 0 Å². The monoisotopic (exact) mass is 423 g/mol. The molecule has 1 aliphatic heterocycles. The number of hydrogen-bond acceptors (Lipinski definition) is 4. The summed E-state index contributed by atoms with van der Waals surface area (Å²) in [4.78, 5) is 18.8. The molecule has 0 saturated heterocycles. The average Bonchev–Trinajstić information content (AvgIpc) is 3.22. The predicted molar refractivity (Wildman–Crippen MR) is 128 cm³/mol. The van der Waals surface area contributed by atoms with E-state index in [1.807, 2.05) is 18.3 Å². The lowest BCUT2D eigenvalue weighted by molar-refractivity contribution is 0.0698. The van der Waals surface area contributed by atoms with Gasteiger partial charge >= 0.3 is 5.97 Å². The van der Waals surface area contributed by atoms with Crippen LogP contribution in [0.5, 0.6) is 0 Å². The van der Waals surface area contributed by atoms with E-state index in [4.69, 9.17) is 4.98 Å². The van der Waals surface area contributed by atoms with Crippen LogP contribution in [0.2, 0.25) is 0 Å². The minimum Gasteiger partial charge on any atom is -0.478 e. The van der Waals surface area contributed by atoms with Crippen LogP contribution in [-0.4, -0.2) is 16.1 Å². The highest BCUT2D eigenvalue weighted by Gasteiger charge is 2.21. The number of anilines is 2. The maximum Gasteiger partial charge on any atom is 0.337 e. The number of pyridine rings is 1. The third-order valence-electron chi connectivity index (χ3n) is 6.16. The second kappa shape index (κ2) is 8.00. The van der Waals surface area contributed by atoms with Gasteiger partial charge in [0.2, 0.25) is 0 Å². The van der Waals surface area contributed by atoms with E-state index in [2.05, 4.69) is 66.5 Å². The van der Waals surface area contributed by atoms with Crippen LogP contribution in [0.4, 0.5) is 11.4 Å². The Bertz CT molecular complexity index is 1310. The van der Waals surface area contributed by atoms with Gasteiger partial charge in [0, 0.05) is 30.2 Å². The van der Waals surface area contributed by atoms with E-state index in [-0.39, 0.29) is 11.6 Å². The molecule has 160 valence electrons. The quantitative estimate of drug-likeness (QED) is 0.416. The summed E-state index contributed by atoms with van der Waals surface area (Å²) in [5.74, 6) is -0.938. The number of para-hydroxylation sites is 1. The first kappa shape index (κ1) is 20.1. The Morgan fingerprint density at radius 3 is 2.44 bits per heavy atom. The number of nitrogens with zero attached hydrogens (tertiary/aromatic N) is 2. The van der Waals surface area contributed by atoms with Crippen LogP contribution in [-0.2, 0) is 13.1 Å². The van der Waals surface area contributed by atoms with Crippen LogP contribution in [0.25, 0.3) is 10.9 Å². The lowest BCUT2D eigenvalue weighted by atomic mass is 9.98. The number of aryl methyl sites for hydroxylation is 1. The lowest BCUT2D eigenvalue weighted by Gasteiger charge is -2.22. The van der Waals surface area contributed by atoms with Gasteiger partial charge in [0.15, 0.2) is 0 Å². The Morgan fingerprint density at radius 2 is 1.72 bits per heavy atom. The van der Waals surface area contributed by atoms with Gasteiger partial charge in [-0.1, -0.05) is 42.5 Å². The van der Waals surface area contributed by atoms with Crippen molar-refractivity contribution in [2.45, 2.75) is 33.0 Å². The first-order valence-corrected chi connectivity index (χ1v) is 10.8. The lowest BCUT2D eigenvalue weighted by Crippen LogP contribution is -2.15. The Kier molecular flexibility index (Phi) is 5.02. The summed E-state index contributed by atoms with van der Waals surface area (Å²) in [7, 11) is 0. The average molecular weight is 424 g/mol. The van der Waals surface area contributed by atoms with Crippen molar-refractivity contribution in [3.05, 3.63) is 101 Å². The molecule has 5 rings (SSSR count). The summed E-state index contributed by atoms with van der Waals surface area (Å²) >= 11 is 0. The van der Waals surface area contributed by atoms with Gasteiger partial charge in [-0.3, -0.25) is 4.98 Å². The van der Waals surface area contributed by atoms with Crippen LogP contribution < -0.4 is 10.2 Å². The van der Waals surface area contributed by atoms with Crippen LogP contribution in [0, 0.1) is 6.92 Å². The van der Waals surface area contributed by atoms with E-state index in [0.29, 0.717) is 5.69 Å². The van der Waals surface area contributed by atoms with Crippen LogP contribution in [0.3, 0.4) is 0 Å². The van der Waals surface area contributed by atoms with Crippen molar-refractivity contribution < 1.29 is 9.90 Å². The van der Waals surface area contributed by atoms with E-state index in [1.165, 1.54) is 11.1 Å². The van der Waals surface area contributed by atoms with Gasteiger partial charge in [0.05, 0.1) is 23.0 Å². The molecule has 0 bridgehead atoms. The van der Waals surface area contributed by atoms with Gasteiger partial charge in [-0.15, -0.1) is 0 Å². The second-order valence-electron chi connectivity index (χ2n) is 8.46. The van der Waals surface area contributed by atoms with Crippen molar-refractivity contribution in [2.24, 2.45) is 0 Å². The summed E-state index contributed by atoms with van der Waals surface area (Å²) in [5, 5.41) is 14.0. The van der Waals surface area contributed by atoms with Gasteiger partial charge < -0.3 is 15.3 Å². The number of carboxylic acid groups (broad SMARTS) is 1. The SMILES string of the molecule is Cc1cc([C@@H](C)Nc2ccccc2C(=O)O)c2cc(N3Cc4ccccc4C3)cnc2c1. The van der Waals surface area contributed by atoms with Crippen molar-refractivity contribution in [2.75, 3.05) is 10.2 Å². The number of rotatable bonds is 5. The van der Waals surface area contributed by atoms with Crippen molar-refractivity contribution >= 4 is 28.2 Å². The van der Waals surface area contributed by atoms with Gasteiger partial charge in [0.1, 0.15) is 0 Å². The smallest absolute Gasteiger partial charge is 0.337 e. The zero-order chi connectivity index (χ0) is 22.2. The number of benzene rings is 3. The first-order chi connectivity index (χ1) is 15.5. The molecule has 1 aliphatic rings. The topological polar surface area (TPSA) is 65.5 Å². The zero-order valence-electron chi connectivity index (χ0n) is 18.2. The Hall–Kier alpha value is -3.86. The number of aromatic carboxylic acids is 1. The minimum absolute atomic E-state index is 0.0919. The highest BCUT2D eigenvalue weighted by molar-refractivity contribution is 5.94. The van der Waals surface area contributed by atoms with E-state index in [1.54, 1.807) is 12.1 Å². The van der Waals surface area contributed by atoms with Gasteiger partial charge in [-0.2, -0.15) is 0 Å². The molecule has 3 aromatic carbocycles. The zero-order valence-corrected chi connectivity index (χ0v) is 18.2. The van der Waals surface area contributed by atoms with E-state index in [0.717, 1.165) is 40.8 Å². The fraction of sp³-hybridized carbons (Fsp3) is 0.185. The summed E-state index contributed by atoms with van der Waals surface area (Å²) in [6.45, 7) is 5.88. The molecule has 5 heteroatoms. The molecule has 0 amide bonds. The van der Waals surface area contributed by atoms with E-state index >= 15 is 0 Å². The molecule has 5 nitrogen and oxygen atoms in total. The molecule has 4 aromatic rings. The molecule has 2 heterocycles. The highest BCUT2D eigenvalue weighted by Crippen LogP contribution is 2.33. The third kappa shape index (κ3) is 3.66. The third-order valence-corrected chi connectivity index (χ3v) is 6.16. The van der Waals surface area contributed by atoms with Gasteiger partial charge in [-0.05, 0) is 60.4 Å². The van der Waals surface area contributed by atoms with E-state index in [9.17, 15) is 9.90 Å². The van der Waals surface area contributed by atoms with E-state index < -0.39 is 5.97 Å². The summed E-state index contributed by atoms with van der Waals surface area (Å²) in [6.07, 6.45) is 1.95. The van der Waals surface area contributed by atoms with Crippen LogP contribution in [0.1, 0.15) is 45.6 Å². The molecule has 2 N–H and O–H groups in total. The Balaban J connectivity index is 1.52. The van der Waals surface area contributed by atoms with Crippen LogP contribution in [0.15, 0.2) is 72.9 Å². The molecule has 0 fully saturated rings. The first-order valence-electron chi connectivity index (χ1n) is 10.8. The Labute approximate surface area is 187 Å². The van der Waals surface area contributed by atoms with Crippen molar-refractivity contribution in [1.29, 1.82) is 0 Å². The van der Waals surface area contributed by atoms with Gasteiger partial charge in [-0.25, -0.2) is 4.79 Å². The second-order valence-corrected chi connectivity index (χ2v) is 8.46. The maximum absolute atomic E-state index is 11.6. The molecule has 0 aliphatic carbocycles. The molecule has 0 unspecified atom stereocenters. The summed E-state index contributed by atoms with van der Waals surface area (Å²) < 4.78 is 0. The highest BCUT2D eigenvalue weighted by atomic mass is 16.4. The van der Waals surface area contributed by atoms with Gasteiger partial charge in [0.25, 0.3) is 0 Å². The fourth-order valence-corrected chi connectivity index (χ4v) is 4.54. The number of hydrogen-bond donors (Lipinski definition) is 2. The summed E-state index contributed by atoms with van der Waals surface area (Å²) in [5.41, 5.74) is 7.87. The summed E-state index contributed by atoms with van der Waals surface area (Å²) in [6, 6.07) is 21.9. The molecule has 1 aromatic heterocycles. The number of aromatic nitrogens is 1. The molecule has 0 radical (unpaired) electrons. The number of carboxylic acids is 1. The minimum atomic E-state index is -0.938. The number of nitrogens with one attached hydrogen (secondary N) is 1.